The third-order valence-corrected chi connectivity index (χ3v) is 5.79. The first kappa shape index (κ1) is 19.1. The molecule has 7 heteroatoms. The molecule has 0 bridgehead atoms. The minimum absolute atomic E-state index is 0.573. The number of aromatic nitrogens is 1. The van der Waals surface area contributed by atoms with Crippen LogP contribution in [0.15, 0.2) is 69.7 Å². The number of likely N-dealkylation sites (N-methyl/N-ethyl adjacent to an activating group) is 1. The van der Waals surface area contributed by atoms with Crippen molar-refractivity contribution in [2.24, 2.45) is 10.2 Å². The molecule has 0 unspecified atom stereocenters. The number of hydrogen-bond acceptors (Lipinski definition) is 6. The molecule has 1 fully saturated rings. The minimum Gasteiger partial charge on any atom is -0.443 e. The molecular weight excluding hydrogens is 465 g/mol. The van der Waals surface area contributed by atoms with Crippen LogP contribution in [0.1, 0.15) is 5.56 Å². The van der Waals surface area contributed by atoms with Gasteiger partial charge in [0, 0.05) is 41.0 Å². The van der Waals surface area contributed by atoms with Crippen molar-refractivity contribution in [2.75, 3.05) is 38.1 Å². The van der Waals surface area contributed by atoms with Crippen LogP contribution in [0, 0.1) is 3.57 Å². The highest BCUT2D eigenvalue weighted by Crippen LogP contribution is 2.28. The van der Waals surface area contributed by atoms with Gasteiger partial charge in [0.25, 0.3) is 0 Å². The van der Waals surface area contributed by atoms with E-state index in [1.165, 1.54) is 12.1 Å². The number of oxazole rings is 1. The van der Waals surface area contributed by atoms with Crippen LogP contribution >= 0.6 is 22.6 Å². The number of halogens is 1. The second-order valence-electron chi connectivity index (χ2n) is 6.89. The molecule has 0 spiro atoms. The Morgan fingerprint density at radius 2 is 1.86 bits per heavy atom. The monoisotopic (exact) mass is 487 g/mol. The molecule has 1 saturated heterocycles. The molecule has 144 valence electrons. The zero-order valence-electron chi connectivity index (χ0n) is 15.8. The van der Waals surface area contributed by atoms with Crippen LogP contribution in [-0.4, -0.2) is 43.1 Å². The normalized spacial score (nSPS) is 15.4. The average Bonchev–Trinajstić information content (AvgIpc) is 3.24. The summed E-state index contributed by atoms with van der Waals surface area (Å²) in [6, 6.07) is 14.6. The van der Waals surface area contributed by atoms with E-state index in [9.17, 15) is 0 Å². The molecule has 2 heterocycles. The third kappa shape index (κ3) is 4.59. The van der Waals surface area contributed by atoms with Crippen molar-refractivity contribution in [2.45, 2.75) is 6.54 Å². The number of hydrogen-bond donors (Lipinski definition) is 0. The first-order chi connectivity index (χ1) is 13.7. The van der Waals surface area contributed by atoms with Crippen LogP contribution < -0.4 is 4.90 Å². The maximum atomic E-state index is 5.36. The Hall–Kier alpha value is -2.26. The first-order valence-corrected chi connectivity index (χ1v) is 10.4. The molecule has 1 aliphatic rings. The van der Waals surface area contributed by atoms with Crippen molar-refractivity contribution >= 4 is 34.0 Å². The van der Waals surface area contributed by atoms with Gasteiger partial charge in [-0.3, -0.25) is 0 Å². The van der Waals surface area contributed by atoms with Gasteiger partial charge in [-0.25, -0.2) is 4.98 Å². The largest absolute Gasteiger partial charge is 0.443 e. The molecule has 0 atom stereocenters. The van der Waals surface area contributed by atoms with E-state index in [2.05, 4.69) is 78.9 Å². The summed E-state index contributed by atoms with van der Waals surface area (Å²) in [6.07, 6.45) is 3.15. The van der Waals surface area contributed by atoms with Crippen molar-refractivity contribution in [3.05, 3.63) is 64.2 Å². The number of azo groups is 1. The van der Waals surface area contributed by atoms with Crippen LogP contribution in [0.25, 0.3) is 11.3 Å². The van der Waals surface area contributed by atoms with Crippen molar-refractivity contribution < 1.29 is 4.42 Å². The number of benzene rings is 2. The summed E-state index contributed by atoms with van der Waals surface area (Å²) >= 11 is 2.28. The zero-order chi connectivity index (χ0) is 19.3. The van der Waals surface area contributed by atoms with Gasteiger partial charge in [0.2, 0.25) is 0 Å². The standard InChI is InChI=1S/C21H22IN5O/c1-26-8-10-27(11-9-26)18-5-2-16(3-6-18)13-24-25-17-4-7-19(20(22)12-17)21-14-23-15-28-21/h2-7,12,14-15H,8-11,13H2,1H3. The van der Waals surface area contributed by atoms with Gasteiger partial charge in [-0.2, -0.15) is 10.2 Å². The molecule has 1 aromatic heterocycles. The zero-order valence-corrected chi connectivity index (χ0v) is 17.9. The fourth-order valence-corrected chi connectivity index (χ4v) is 3.95. The van der Waals surface area contributed by atoms with Gasteiger partial charge < -0.3 is 14.2 Å². The number of nitrogens with zero attached hydrogens (tertiary/aromatic N) is 5. The molecule has 2 aromatic carbocycles. The van der Waals surface area contributed by atoms with E-state index in [1.807, 2.05) is 18.2 Å². The summed E-state index contributed by atoms with van der Waals surface area (Å²) in [4.78, 5) is 8.77. The van der Waals surface area contributed by atoms with Gasteiger partial charge in [-0.05, 0) is 65.5 Å². The highest BCUT2D eigenvalue weighted by molar-refractivity contribution is 14.1. The lowest BCUT2D eigenvalue weighted by Crippen LogP contribution is -2.44. The molecule has 4 rings (SSSR count). The van der Waals surface area contributed by atoms with Crippen molar-refractivity contribution in [3.63, 3.8) is 0 Å². The molecule has 0 N–H and O–H groups in total. The van der Waals surface area contributed by atoms with E-state index in [0.717, 1.165) is 52.3 Å². The summed E-state index contributed by atoms with van der Waals surface area (Å²) in [6.45, 7) is 4.97. The maximum Gasteiger partial charge on any atom is 0.181 e. The van der Waals surface area contributed by atoms with Gasteiger partial charge in [0.15, 0.2) is 12.2 Å². The highest BCUT2D eigenvalue weighted by Gasteiger charge is 2.13. The second kappa shape index (κ2) is 8.83. The summed E-state index contributed by atoms with van der Waals surface area (Å²) < 4.78 is 6.42. The Morgan fingerprint density at radius 1 is 1.07 bits per heavy atom. The molecule has 0 amide bonds. The molecule has 0 saturated carbocycles. The fourth-order valence-electron chi connectivity index (χ4n) is 3.19. The molecule has 28 heavy (non-hydrogen) atoms. The third-order valence-electron chi connectivity index (χ3n) is 4.89. The molecular formula is C21H22IN5O. The van der Waals surface area contributed by atoms with Gasteiger partial charge >= 0.3 is 0 Å². The molecule has 0 radical (unpaired) electrons. The first-order valence-electron chi connectivity index (χ1n) is 9.27. The summed E-state index contributed by atoms with van der Waals surface area (Å²) in [7, 11) is 2.17. The minimum atomic E-state index is 0.573. The van der Waals surface area contributed by atoms with Gasteiger partial charge in [-0.15, -0.1) is 0 Å². The Kier molecular flexibility index (Phi) is 6.01. The van der Waals surface area contributed by atoms with Crippen LogP contribution in [0.4, 0.5) is 11.4 Å². The van der Waals surface area contributed by atoms with Gasteiger partial charge in [-0.1, -0.05) is 12.1 Å². The predicted molar refractivity (Wildman–Crippen MR) is 119 cm³/mol. The predicted octanol–water partition coefficient (Wildman–Crippen LogP) is 4.98. The Balaban J connectivity index is 1.36. The van der Waals surface area contributed by atoms with Crippen molar-refractivity contribution in [3.8, 4) is 11.3 Å². The van der Waals surface area contributed by atoms with Crippen LogP contribution in [0.5, 0.6) is 0 Å². The summed E-state index contributed by atoms with van der Waals surface area (Å²) in [5, 5.41) is 8.73. The Labute approximate surface area is 178 Å². The number of rotatable bonds is 5. The lowest BCUT2D eigenvalue weighted by Gasteiger charge is -2.34. The van der Waals surface area contributed by atoms with E-state index in [0.29, 0.717) is 6.54 Å². The summed E-state index contributed by atoms with van der Waals surface area (Å²) in [5.41, 5.74) is 4.29. The van der Waals surface area contributed by atoms with E-state index < -0.39 is 0 Å². The molecule has 1 aliphatic heterocycles. The van der Waals surface area contributed by atoms with Crippen molar-refractivity contribution in [1.82, 2.24) is 9.88 Å². The fraction of sp³-hybridized carbons (Fsp3) is 0.286. The van der Waals surface area contributed by atoms with E-state index >= 15 is 0 Å². The van der Waals surface area contributed by atoms with Crippen molar-refractivity contribution in [1.29, 1.82) is 0 Å². The quantitative estimate of drug-likeness (QED) is 0.376. The molecule has 6 nitrogen and oxygen atoms in total. The number of piperazine rings is 1. The topological polar surface area (TPSA) is 57.2 Å². The molecule has 0 aliphatic carbocycles. The van der Waals surface area contributed by atoms with E-state index in [4.69, 9.17) is 4.42 Å². The van der Waals surface area contributed by atoms with Crippen LogP contribution in [-0.2, 0) is 6.54 Å². The lowest BCUT2D eigenvalue weighted by molar-refractivity contribution is 0.313. The summed E-state index contributed by atoms with van der Waals surface area (Å²) in [5.74, 6) is 0.758. The highest BCUT2D eigenvalue weighted by atomic mass is 127. The van der Waals surface area contributed by atoms with E-state index in [1.54, 1.807) is 6.20 Å². The van der Waals surface area contributed by atoms with Gasteiger partial charge in [0.1, 0.15) is 0 Å². The smallest absolute Gasteiger partial charge is 0.181 e. The average molecular weight is 487 g/mol. The SMILES string of the molecule is CN1CCN(c2ccc(CN=Nc3ccc(-c4cnco4)c(I)c3)cc2)CC1. The van der Waals surface area contributed by atoms with Crippen LogP contribution in [0.2, 0.25) is 0 Å². The van der Waals surface area contributed by atoms with E-state index in [-0.39, 0.29) is 0 Å². The lowest BCUT2D eigenvalue weighted by atomic mass is 10.2. The Morgan fingerprint density at radius 3 is 2.54 bits per heavy atom. The molecule has 3 aromatic rings. The van der Waals surface area contributed by atoms with Gasteiger partial charge in [0.05, 0.1) is 18.4 Å². The number of anilines is 1. The Bertz CT molecular complexity index is 932. The van der Waals surface area contributed by atoms with Crippen LogP contribution in [0.3, 0.4) is 0 Å². The maximum absolute atomic E-state index is 5.36. The second-order valence-corrected chi connectivity index (χ2v) is 8.05.